The van der Waals surface area contributed by atoms with Gasteiger partial charge in [-0.05, 0) is 18.2 Å². The fourth-order valence-corrected chi connectivity index (χ4v) is 3.03. The van der Waals surface area contributed by atoms with E-state index in [0.29, 0.717) is 17.2 Å². The number of ether oxygens (including phenoxy) is 3. The summed E-state index contributed by atoms with van der Waals surface area (Å²) in [6.45, 7) is 0.0327. The van der Waals surface area contributed by atoms with Crippen LogP contribution in [0, 0.1) is 10.1 Å². The molecule has 3 aromatic rings. The Morgan fingerprint density at radius 3 is 2.58 bits per heavy atom. The summed E-state index contributed by atoms with van der Waals surface area (Å²) in [6, 6.07) is 11.1. The van der Waals surface area contributed by atoms with Gasteiger partial charge in [0.15, 0.2) is 18.1 Å². The van der Waals surface area contributed by atoms with Crippen molar-refractivity contribution < 1.29 is 28.3 Å². The van der Waals surface area contributed by atoms with Crippen molar-refractivity contribution >= 4 is 29.0 Å². The van der Waals surface area contributed by atoms with Crippen molar-refractivity contribution in [3.05, 3.63) is 58.5 Å². The maximum absolute atomic E-state index is 12.2. The van der Waals surface area contributed by atoms with Gasteiger partial charge in [0.05, 0.1) is 30.6 Å². The molecule has 0 radical (unpaired) electrons. The minimum atomic E-state index is -0.559. The third kappa shape index (κ3) is 5.85. The number of amides is 1. The first-order valence-electron chi connectivity index (χ1n) is 8.83. The molecule has 0 spiro atoms. The second kappa shape index (κ2) is 10.3. The highest BCUT2D eigenvalue weighted by Gasteiger charge is 2.15. The summed E-state index contributed by atoms with van der Waals surface area (Å²) in [5.41, 5.74) is 0.0269. The second-order valence-corrected chi connectivity index (χ2v) is 6.81. The third-order valence-electron chi connectivity index (χ3n) is 3.86. The molecule has 0 bridgehead atoms. The van der Waals surface area contributed by atoms with Crippen LogP contribution in [0.1, 0.15) is 5.89 Å². The molecule has 3 rings (SSSR count). The molecule has 1 aromatic heterocycles. The number of methoxy groups -OCH3 is 2. The largest absolute Gasteiger partial charge is 0.495 e. The fraction of sp³-hybridized carbons (Fsp3) is 0.211. The maximum atomic E-state index is 12.2. The molecule has 11 nitrogen and oxygen atoms in total. The number of hydrogen-bond acceptors (Lipinski definition) is 10. The summed E-state index contributed by atoms with van der Waals surface area (Å²) >= 11 is 1.01. The lowest BCUT2D eigenvalue weighted by atomic mass is 10.2. The number of para-hydroxylation sites is 2. The number of nitrogens with one attached hydrogen (secondary N) is 1. The van der Waals surface area contributed by atoms with Gasteiger partial charge in [-0.1, -0.05) is 23.9 Å². The molecule has 12 heteroatoms. The molecule has 0 unspecified atom stereocenters. The molecule has 0 aliphatic carbocycles. The van der Waals surface area contributed by atoms with E-state index in [1.807, 2.05) is 12.1 Å². The summed E-state index contributed by atoms with van der Waals surface area (Å²) < 4.78 is 21.4. The van der Waals surface area contributed by atoms with E-state index in [1.54, 1.807) is 12.1 Å². The first-order valence-corrected chi connectivity index (χ1v) is 9.82. The van der Waals surface area contributed by atoms with Crippen LogP contribution in [0.4, 0.5) is 11.4 Å². The molecule has 0 saturated heterocycles. The van der Waals surface area contributed by atoms with Crippen molar-refractivity contribution in [2.45, 2.75) is 11.8 Å². The number of thioether (sulfide) groups is 1. The molecule has 1 heterocycles. The van der Waals surface area contributed by atoms with Crippen LogP contribution in [0.5, 0.6) is 17.2 Å². The Bertz CT molecular complexity index is 1070. The summed E-state index contributed by atoms with van der Waals surface area (Å²) in [4.78, 5) is 22.6. The van der Waals surface area contributed by atoms with E-state index < -0.39 is 10.8 Å². The monoisotopic (exact) mass is 446 g/mol. The van der Waals surface area contributed by atoms with E-state index in [-0.39, 0.29) is 34.8 Å². The van der Waals surface area contributed by atoms with Gasteiger partial charge in [-0.25, -0.2) is 0 Å². The quantitative estimate of drug-likeness (QED) is 0.280. The summed E-state index contributed by atoms with van der Waals surface area (Å²) in [5, 5.41) is 21.4. The molecule has 31 heavy (non-hydrogen) atoms. The van der Waals surface area contributed by atoms with Crippen LogP contribution in [0.15, 0.2) is 52.1 Å². The third-order valence-corrected chi connectivity index (χ3v) is 4.68. The minimum absolute atomic E-state index is 0.0327. The average Bonchev–Trinajstić information content (AvgIpc) is 3.24. The molecule has 0 saturated carbocycles. The number of anilines is 1. The van der Waals surface area contributed by atoms with Crippen molar-refractivity contribution in [2.75, 3.05) is 25.3 Å². The molecular weight excluding hydrogens is 428 g/mol. The predicted molar refractivity (Wildman–Crippen MR) is 111 cm³/mol. The number of nitro groups is 1. The molecule has 1 N–H and O–H groups in total. The Morgan fingerprint density at radius 2 is 1.87 bits per heavy atom. The Labute approximate surface area is 180 Å². The van der Waals surface area contributed by atoms with Gasteiger partial charge in [-0.2, -0.15) is 0 Å². The normalized spacial score (nSPS) is 10.4. The van der Waals surface area contributed by atoms with Crippen LogP contribution >= 0.6 is 11.8 Å². The van der Waals surface area contributed by atoms with Gasteiger partial charge < -0.3 is 23.9 Å². The van der Waals surface area contributed by atoms with Gasteiger partial charge >= 0.3 is 0 Å². The minimum Gasteiger partial charge on any atom is -0.495 e. The number of aromatic nitrogens is 2. The summed E-state index contributed by atoms with van der Waals surface area (Å²) in [5.74, 6) is 1.16. The van der Waals surface area contributed by atoms with Gasteiger partial charge in [0, 0.05) is 12.1 Å². The summed E-state index contributed by atoms with van der Waals surface area (Å²) in [6.07, 6.45) is 0. The molecule has 1 amide bonds. The van der Waals surface area contributed by atoms with Crippen LogP contribution in [0.25, 0.3) is 0 Å². The van der Waals surface area contributed by atoms with Crippen LogP contribution < -0.4 is 19.5 Å². The number of nitrogens with zero attached hydrogens (tertiary/aromatic N) is 3. The molecule has 0 fully saturated rings. The number of nitro benzene ring substituents is 1. The Kier molecular flexibility index (Phi) is 7.27. The zero-order chi connectivity index (χ0) is 22.2. The molecule has 162 valence electrons. The highest BCUT2D eigenvalue weighted by atomic mass is 32.2. The van der Waals surface area contributed by atoms with Crippen molar-refractivity contribution in [3.63, 3.8) is 0 Å². The van der Waals surface area contributed by atoms with E-state index in [1.165, 1.54) is 32.4 Å². The second-order valence-electron chi connectivity index (χ2n) is 5.88. The lowest BCUT2D eigenvalue weighted by Crippen LogP contribution is -2.15. The van der Waals surface area contributed by atoms with Crippen LogP contribution in [0.2, 0.25) is 0 Å². The first kappa shape index (κ1) is 21.9. The summed E-state index contributed by atoms with van der Waals surface area (Å²) in [7, 11) is 2.94. The molecule has 0 aliphatic heterocycles. The van der Waals surface area contributed by atoms with E-state index in [0.717, 1.165) is 11.8 Å². The number of rotatable bonds is 10. The van der Waals surface area contributed by atoms with Crippen LogP contribution in [0.3, 0.4) is 0 Å². The van der Waals surface area contributed by atoms with Crippen molar-refractivity contribution in [1.82, 2.24) is 10.2 Å². The zero-order valence-electron chi connectivity index (χ0n) is 16.6. The number of carbonyl (C=O) groups is 1. The number of hydrogen-bond donors (Lipinski definition) is 1. The van der Waals surface area contributed by atoms with E-state index in [9.17, 15) is 14.9 Å². The standard InChI is InChI=1S/C19H18N4O7S/c1-27-14-8-7-12(23(25)26)9-13(14)20-17(24)11-31-19-22-21-18(30-19)10-29-16-6-4-3-5-15(16)28-2/h3-9H,10-11H2,1-2H3,(H,20,24). The SMILES string of the molecule is COc1ccc([N+](=O)[O-])cc1NC(=O)CSc1nnc(COc2ccccc2OC)o1. The van der Waals surface area contributed by atoms with E-state index >= 15 is 0 Å². The zero-order valence-corrected chi connectivity index (χ0v) is 17.4. The van der Waals surface area contributed by atoms with Crippen molar-refractivity contribution in [2.24, 2.45) is 0 Å². The topological polar surface area (TPSA) is 139 Å². The number of non-ortho nitro benzene ring substituents is 1. The Morgan fingerprint density at radius 1 is 1.13 bits per heavy atom. The Balaban J connectivity index is 1.54. The lowest BCUT2D eigenvalue weighted by Gasteiger charge is -2.09. The molecular formula is C19H18N4O7S. The average molecular weight is 446 g/mol. The van der Waals surface area contributed by atoms with Crippen LogP contribution in [-0.2, 0) is 11.4 Å². The Hall–Kier alpha value is -3.80. The van der Waals surface area contributed by atoms with Crippen molar-refractivity contribution in [1.29, 1.82) is 0 Å². The smallest absolute Gasteiger partial charge is 0.277 e. The van der Waals surface area contributed by atoms with Gasteiger partial charge in [0.25, 0.3) is 16.8 Å². The van der Waals surface area contributed by atoms with E-state index in [4.69, 9.17) is 18.6 Å². The van der Waals surface area contributed by atoms with Crippen LogP contribution in [-0.4, -0.2) is 41.0 Å². The molecule has 0 atom stereocenters. The number of benzene rings is 2. The van der Waals surface area contributed by atoms with Gasteiger partial charge in [0.1, 0.15) is 5.75 Å². The first-order chi connectivity index (χ1) is 15.0. The van der Waals surface area contributed by atoms with Gasteiger partial charge in [-0.3, -0.25) is 14.9 Å². The van der Waals surface area contributed by atoms with Gasteiger partial charge in [-0.15, -0.1) is 10.2 Å². The molecule has 2 aromatic carbocycles. The highest BCUT2D eigenvalue weighted by molar-refractivity contribution is 7.99. The van der Waals surface area contributed by atoms with E-state index in [2.05, 4.69) is 15.5 Å². The maximum Gasteiger partial charge on any atom is 0.277 e. The molecule has 0 aliphatic rings. The highest BCUT2D eigenvalue weighted by Crippen LogP contribution is 2.29. The van der Waals surface area contributed by atoms with Crippen molar-refractivity contribution in [3.8, 4) is 17.2 Å². The fourth-order valence-electron chi connectivity index (χ4n) is 2.45. The lowest BCUT2D eigenvalue weighted by molar-refractivity contribution is -0.384. The number of carbonyl (C=O) groups excluding carboxylic acids is 1. The predicted octanol–water partition coefficient (Wildman–Crippen LogP) is 3.30. The van der Waals surface area contributed by atoms with Gasteiger partial charge in [0.2, 0.25) is 5.91 Å².